The van der Waals surface area contributed by atoms with Gasteiger partial charge in [0, 0.05) is 11.8 Å². The summed E-state index contributed by atoms with van der Waals surface area (Å²) in [6, 6.07) is 4.38. The van der Waals surface area contributed by atoms with Crippen molar-refractivity contribution in [2.45, 2.75) is 31.6 Å². The highest BCUT2D eigenvalue weighted by Gasteiger charge is 2.41. The average molecular weight is 503 g/mol. The summed E-state index contributed by atoms with van der Waals surface area (Å²) in [5.74, 6) is 0.146. The molecule has 0 amide bonds. The molecular weight excluding hydrogens is 482 g/mol. The van der Waals surface area contributed by atoms with Crippen LogP contribution in [0.4, 0.5) is 18.9 Å². The van der Waals surface area contributed by atoms with Crippen LogP contribution in [0, 0.1) is 10.1 Å². The number of ether oxygens (including phenoxy) is 1. The monoisotopic (exact) mass is 503 g/mol. The molecule has 1 N–H and O–H groups in total. The highest BCUT2D eigenvalue weighted by molar-refractivity contribution is 14.0. The number of nitrogens with one attached hydrogen (secondary N) is 1. The standard InChI is InChI=1S/C16H20F3N3O4.HI/c1-25-14-7-5-6-12-13(8-10-21(15(12)14)16(17,18)19)20-9-3-2-4-11-26-22(23)24;/h5-8,10,13,20H,2-4,9,11H2,1H3;1H. The Morgan fingerprint density at radius 3 is 2.67 bits per heavy atom. The molecule has 0 aromatic heterocycles. The van der Waals surface area contributed by atoms with E-state index in [0.29, 0.717) is 31.4 Å². The fraction of sp³-hybridized carbons (Fsp3) is 0.500. The van der Waals surface area contributed by atoms with Gasteiger partial charge in [0.05, 0.1) is 25.4 Å². The van der Waals surface area contributed by atoms with E-state index < -0.39 is 11.4 Å². The van der Waals surface area contributed by atoms with Crippen LogP contribution in [0.2, 0.25) is 0 Å². The van der Waals surface area contributed by atoms with Crippen LogP contribution in [0.15, 0.2) is 30.5 Å². The molecule has 7 nitrogen and oxygen atoms in total. The molecule has 0 aliphatic carbocycles. The van der Waals surface area contributed by atoms with Gasteiger partial charge in [-0.2, -0.15) is 0 Å². The zero-order valence-corrected chi connectivity index (χ0v) is 16.9. The second-order valence-corrected chi connectivity index (χ2v) is 5.63. The average Bonchev–Trinajstić information content (AvgIpc) is 2.59. The lowest BCUT2D eigenvalue weighted by Gasteiger charge is -2.33. The molecule has 1 atom stereocenters. The number of nitrogens with zero attached hydrogens (tertiary/aromatic N) is 2. The summed E-state index contributed by atoms with van der Waals surface area (Å²) >= 11 is 0. The van der Waals surface area contributed by atoms with Gasteiger partial charge in [0.1, 0.15) is 5.75 Å². The molecule has 152 valence electrons. The fourth-order valence-electron chi connectivity index (χ4n) is 2.75. The van der Waals surface area contributed by atoms with Gasteiger partial charge in [0.25, 0.3) is 5.09 Å². The van der Waals surface area contributed by atoms with Crippen molar-refractivity contribution in [2.75, 3.05) is 25.2 Å². The summed E-state index contributed by atoms with van der Waals surface area (Å²) in [5.41, 5.74) is 0.447. The first kappa shape index (κ1) is 23.3. The molecule has 0 bridgehead atoms. The Bertz CT molecular complexity index is 658. The van der Waals surface area contributed by atoms with Gasteiger partial charge in [-0.25, -0.2) is 0 Å². The molecule has 1 heterocycles. The van der Waals surface area contributed by atoms with Crippen molar-refractivity contribution in [2.24, 2.45) is 0 Å². The van der Waals surface area contributed by atoms with Gasteiger partial charge < -0.3 is 14.9 Å². The Kier molecular flexibility index (Phi) is 9.09. The van der Waals surface area contributed by atoms with E-state index in [1.165, 1.54) is 19.3 Å². The van der Waals surface area contributed by atoms with Crippen molar-refractivity contribution in [1.29, 1.82) is 0 Å². The quantitative estimate of drug-likeness (QED) is 0.179. The number of hydrogen-bond acceptors (Lipinski definition) is 6. The number of benzene rings is 1. The van der Waals surface area contributed by atoms with Gasteiger partial charge in [0.15, 0.2) is 0 Å². The normalized spacial score (nSPS) is 15.7. The van der Waals surface area contributed by atoms with E-state index in [1.54, 1.807) is 12.1 Å². The number of methoxy groups -OCH3 is 1. The molecule has 1 aromatic carbocycles. The van der Waals surface area contributed by atoms with E-state index in [4.69, 9.17) is 4.74 Å². The minimum atomic E-state index is -4.55. The first-order chi connectivity index (χ1) is 12.3. The second-order valence-electron chi connectivity index (χ2n) is 5.63. The molecular formula is C16H21F3IN3O4. The Labute approximate surface area is 171 Å². The Hall–Kier alpha value is -1.76. The van der Waals surface area contributed by atoms with E-state index in [-0.39, 0.29) is 53.0 Å². The molecule has 2 rings (SSSR count). The number of rotatable bonds is 9. The zero-order valence-electron chi connectivity index (χ0n) is 14.6. The van der Waals surface area contributed by atoms with Gasteiger partial charge in [0.2, 0.25) is 0 Å². The van der Waals surface area contributed by atoms with Gasteiger partial charge in [-0.3, -0.25) is 4.90 Å². The minimum Gasteiger partial charge on any atom is -0.495 e. The highest BCUT2D eigenvalue weighted by Crippen LogP contribution is 2.43. The van der Waals surface area contributed by atoms with Crippen molar-refractivity contribution in [3.63, 3.8) is 0 Å². The number of halogens is 4. The predicted octanol–water partition coefficient (Wildman–Crippen LogP) is 4.18. The number of anilines is 1. The molecule has 27 heavy (non-hydrogen) atoms. The number of fused-ring (bicyclic) bond motifs is 1. The molecule has 1 aromatic rings. The SMILES string of the molecule is COc1cccc2c1N(C(F)(F)F)C=CC2NCCCCCO[N+](=O)[O-].I. The molecule has 0 radical (unpaired) electrons. The van der Waals surface area contributed by atoms with Crippen LogP contribution in [-0.4, -0.2) is 31.6 Å². The van der Waals surface area contributed by atoms with Crippen molar-refractivity contribution < 1.29 is 27.8 Å². The van der Waals surface area contributed by atoms with E-state index in [1.807, 2.05) is 0 Å². The van der Waals surface area contributed by atoms with Gasteiger partial charge in [-0.05, 0) is 31.5 Å². The van der Waals surface area contributed by atoms with Crippen molar-refractivity contribution in [3.8, 4) is 5.75 Å². The Morgan fingerprint density at radius 2 is 2.04 bits per heavy atom. The van der Waals surface area contributed by atoms with Crippen molar-refractivity contribution in [3.05, 3.63) is 46.2 Å². The molecule has 1 aliphatic rings. The summed E-state index contributed by atoms with van der Waals surface area (Å²) in [4.78, 5) is 14.5. The number of unbranched alkanes of at least 4 members (excludes halogenated alkanes) is 2. The van der Waals surface area contributed by atoms with Gasteiger partial charge in [-0.15, -0.1) is 47.3 Å². The summed E-state index contributed by atoms with van der Waals surface area (Å²) in [7, 11) is 1.33. The first-order valence-electron chi connectivity index (χ1n) is 8.06. The lowest BCUT2D eigenvalue weighted by molar-refractivity contribution is -0.757. The smallest absolute Gasteiger partial charge is 0.489 e. The van der Waals surface area contributed by atoms with Gasteiger partial charge >= 0.3 is 6.30 Å². The highest BCUT2D eigenvalue weighted by atomic mass is 127. The third kappa shape index (κ3) is 6.41. The third-order valence-corrected chi connectivity index (χ3v) is 3.91. The first-order valence-corrected chi connectivity index (χ1v) is 8.06. The van der Waals surface area contributed by atoms with Crippen LogP contribution in [0.5, 0.6) is 5.75 Å². The predicted molar refractivity (Wildman–Crippen MR) is 104 cm³/mol. The van der Waals surface area contributed by atoms with E-state index in [0.717, 1.165) is 6.20 Å². The summed E-state index contributed by atoms with van der Waals surface area (Å²) in [6.45, 7) is 0.590. The van der Waals surface area contributed by atoms with Crippen LogP contribution < -0.4 is 15.0 Å². The number of hydrogen-bond donors (Lipinski definition) is 1. The Morgan fingerprint density at radius 1 is 1.30 bits per heavy atom. The molecule has 0 fully saturated rings. The second kappa shape index (κ2) is 10.5. The van der Waals surface area contributed by atoms with Crippen LogP contribution >= 0.6 is 24.0 Å². The lowest BCUT2D eigenvalue weighted by Crippen LogP contribution is -2.38. The van der Waals surface area contributed by atoms with Crippen LogP contribution in [-0.2, 0) is 4.84 Å². The maximum Gasteiger partial charge on any atom is 0.489 e. The summed E-state index contributed by atoms with van der Waals surface area (Å²) in [6.07, 6.45) is -0.152. The largest absolute Gasteiger partial charge is 0.495 e. The Balaban J connectivity index is 0.00000364. The topological polar surface area (TPSA) is 76.9 Å². The van der Waals surface area contributed by atoms with Crippen LogP contribution in [0.1, 0.15) is 30.9 Å². The maximum absolute atomic E-state index is 13.3. The zero-order chi connectivity index (χ0) is 19.2. The van der Waals surface area contributed by atoms with Gasteiger partial charge in [-0.1, -0.05) is 18.6 Å². The molecule has 0 saturated heterocycles. The summed E-state index contributed by atoms with van der Waals surface area (Å²) < 4.78 is 45.0. The minimum absolute atomic E-state index is 0. The summed E-state index contributed by atoms with van der Waals surface area (Å²) in [5, 5.41) is 12.4. The van der Waals surface area contributed by atoms with Crippen LogP contribution in [0.25, 0.3) is 0 Å². The van der Waals surface area contributed by atoms with Crippen molar-refractivity contribution >= 4 is 29.7 Å². The molecule has 0 spiro atoms. The molecule has 1 unspecified atom stereocenters. The molecule has 0 saturated carbocycles. The maximum atomic E-state index is 13.3. The van der Waals surface area contributed by atoms with E-state index in [9.17, 15) is 23.3 Å². The molecule has 1 aliphatic heterocycles. The van der Waals surface area contributed by atoms with E-state index in [2.05, 4.69) is 10.2 Å². The third-order valence-electron chi connectivity index (χ3n) is 3.91. The molecule has 11 heteroatoms. The van der Waals surface area contributed by atoms with Crippen molar-refractivity contribution in [1.82, 2.24) is 5.32 Å². The number of alkyl halides is 3. The van der Waals surface area contributed by atoms with E-state index >= 15 is 0 Å². The number of para-hydroxylation sites is 1. The van der Waals surface area contributed by atoms with Crippen LogP contribution in [0.3, 0.4) is 0 Å². The fourth-order valence-corrected chi connectivity index (χ4v) is 2.75. The lowest BCUT2D eigenvalue weighted by atomic mass is 9.99.